The lowest BCUT2D eigenvalue weighted by molar-refractivity contribution is 0.0342. The van der Waals surface area contributed by atoms with Gasteiger partial charge in [0.2, 0.25) is 0 Å². The number of aliphatic imine (C=N–C) groups is 1. The van der Waals surface area contributed by atoms with Crippen molar-refractivity contribution in [2.45, 2.75) is 32.0 Å². The van der Waals surface area contributed by atoms with Crippen LogP contribution in [0.3, 0.4) is 0 Å². The predicted molar refractivity (Wildman–Crippen MR) is 126 cm³/mol. The number of ether oxygens (including phenoxy) is 3. The molecule has 0 saturated carbocycles. The highest BCUT2D eigenvalue weighted by atomic mass is 127. The molecule has 164 valence electrons. The number of morpholine rings is 1. The molecule has 0 aliphatic carbocycles. The van der Waals surface area contributed by atoms with E-state index in [0.717, 1.165) is 84.6 Å². The Morgan fingerprint density at radius 2 is 2.00 bits per heavy atom. The van der Waals surface area contributed by atoms with Gasteiger partial charge in [0.05, 0.1) is 25.9 Å². The molecule has 1 aromatic carbocycles. The van der Waals surface area contributed by atoms with E-state index in [2.05, 4.69) is 44.8 Å². The van der Waals surface area contributed by atoms with Gasteiger partial charge in [-0.3, -0.25) is 9.89 Å². The third kappa shape index (κ3) is 9.17. The number of rotatable bonds is 9. The van der Waals surface area contributed by atoms with Crippen molar-refractivity contribution in [2.24, 2.45) is 4.99 Å². The second-order valence-electron chi connectivity index (χ2n) is 7.27. The van der Waals surface area contributed by atoms with Gasteiger partial charge < -0.3 is 24.8 Å². The summed E-state index contributed by atoms with van der Waals surface area (Å²) in [5.41, 5.74) is 2.61. The average molecular weight is 518 g/mol. The molecule has 0 spiro atoms. The highest BCUT2D eigenvalue weighted by molar-refractivity contribution is 14.0. The number of guanidine groups is 1. The van der Waals surface area contributed by atoms with Crippen LogP contribution in [-0.2, 0) is 27.3 Å². The van der Waals surface area contributed by atoms with Crippen molar-refractivity contribution in [1.82, 2.24) is 15.5 Å². The van der Waals surface area contributed by atoms with Gasteiger partial charge in [-0.1, -0.05) is 24.3 Å². The number of benzene rings is 1. The molecule has 8 heteroatoms. The molecule has 2 fully saturated rings. The molecule has 0 amide bonds. The minimum Gasteiger partial charge on any atom is -0.379 e. The van der Waals surface area contributed by atoms with E-state index in [1.807, 2.05) is 0 Å². The smallest absolute Gasteiger partial charge is 0.191 e. The maximum atomic E-state index is 5.79. The first kappa shape index (κ1) is 24.3. The van der Waals surface area contributed by atoms with E-state index >= 15 is 0 Å². The van der Waals surface area contributed by atoms with E-state index in [0.29, 0.717) is 0 Å². The van der Waals surface area contributed by atoms with Crippen molar-refractivity contribution in [3.63, 3.8) is 0 Å². The second-order valence-corrected chi connectivity index (χ2v) is 7.27. The van der Waals surface area contributed by atoms with Gasteiger partial charge in [0.1, 0.15) is 0 Å². The van der Waals surface area contributed by atoms with Crippen molar-refractivity contribution in [3.05, 3.63) is 35.4 Å². The Hall–Kier alpha value is -0.940. The van der Waals surface area contributed by atoms with E-state index < -0.39 is 0 Å². The molecular formula is C21H35IN4O3. The summed E-state index contributed by atoms with van der Waals surface area (Å²) >= 11 is 0. The zero-order valence-corrected chi connectivity index (χ0v) is 19.7. The standard InChI is InChI=1S/C21H34N4O3.HI/c1-22-21(23-7-3-10-28-20-6-11-27-17-20)24-15-18-4-2-5-19(14-18)16-25-8-12-26-13-9-25;/h2,4-5,14,20H,3,6-13,15-17H2,1H3,(H2,22,23,24);1H. The van der Waals surface area contributed by atoms with Crippen molar-refractivity contribution >= 4 is 29.9 Å². The Kier molecular flexibility index (Phi) is 11.9. The SMILES string of the molecule is CN=C(NCCCOC1CCOC1)NCc1cccc(CN2CCOCC2)c1.I. The molecule has 0 bridgehead atoms. The van der Waals surface area contributed by atoms with Crippen molar-refractivity contribution in [1.29, 1.82) is 0 Å². The highest BCUT2D eigenvalue weighted by Crippen LogP contribution is 2.10. The molecule has 7 nitrogen and oxygen atoms in total. The predicted octanol–water partition coefficient (Wildman–Crippen LogP) is 2.00. The average Bonchev–Trinajstić information content (AvgIpc) is 3.25. The third-order valence-electron chi connectivity index (χ3n) is 5.04. The van der Waals surface area contributed by atoms with Crippen LogP contribution in [0, 0.1) is 0 Å². The van der Waals surface area contributed by atoms with Crippen molar-refractivity contribution in [2.75, 3.05) is 59.7 Å². The van der Waals surface area contributed by atoms with E-state index in [4.69, 9.17) is 14.2 Å². The lowest BCUT2D eigenvalue weighted by atomic mass is 10.1. The monoisotopic (exact) mass is 518 g/mol. The van der Waals surface area contributed by atoms with Crippen LogP contribution in [0.25, 0.3) is 0 Å². The topological polar surface area (TPSA) is 67.4 Å². The molecule has 2 heterocycles. The third-order valence-corrected chi connectivity index (χ3v) is 5.04. The van der Waals surface area contributed by atoms with Crippen LogP contribution >= 0.6 is 24.0 Å². The van der Waals surface area contributed by atoms with Gasteiger partial charge in [-0.2, -0.15) is 0 Å². The molecule has 0 aromatic heterocycles. The van der Waals surface area contributed by atoms with Crippen LogP contribution in [0.4, 0.5) is 0 Å². The van der Waals surface area contributed by atoms with Crippen LogP contribution in [-0.4, -0.2) is 76.7 Å². The number of nitrogens with zero attached hydrogens (tertiary/aromatic N) is 2. The van der Waals surface area contributed by atoms with Crippen LogP contribution in [0.1, 0.15) is 24.0 Å². The molecule has 1 unspecified atom stereocenters. The molecule has 2 aliphatic rings. The van der Waals surface area contributed by atoms with Crippen molar-refractivity contribution in [3.8, 4) is 0 Å². The lowest BCUT2D eigenvalue weighted by Gasteiger charge is -2.26. The van der Waals surface area contributed by atoms with Crippen LogP contribution in [0.5, 0.6) is 0 Å². The summed E-state index contributed by atoms with van der Waals surface area (Å²) < 4.78 is 16.5. The molecule has 3 rings (SSSR count). The van der Waals surface area contributed by atoms with E-state index in [1.54, 1.807) is 7.05 Å². The number of nitrogens with one attached hydrogen (secondary N) is 2. The highest BCUT2D eigenvalue weighted by Gasteiger charge is 2.15. The zero-order valence-electron chi connectivity index (χ0n) is 17.4. The number of hydrogen-bond donors (Lipinski definition) is 2. The number of hydrogen-bond acceptors (Lipinski definition) is 5. The quantitative estimate of drug-likeness (QED) is 0.226. The van der Waals surface area contributed by atoms with E-state index in [9.17, 15) is 0 Å². The van der Waals surface area contributed by atoms with E-state index in [1.165, 1.54) is 11.1 Å². The zero-order chi connectivity index (χ0) is 19.4. The Morgan fingerprint density at radius 3 is 2.76 bits per heavy atom. The fraction of sp³-hybridized carbons (Fsp3) is 0.667. The first-order chi connectivity index (χ1) is 13.8. The summed E-state index contributed by atoms with van der Waals surface area (Å²) in [5, 5.41) is 6.74. The summed E-state index contributed by atoms with van der Waals surface area (Å²) in [7, 11) is 1.80. The summed E-state index contributed by atoms with van der Waals surface area (Å²) in [6.45, 7) is 8.58. The fourth-order valence-corrected chi connectivity index (χ4v) is 3.44. The largest absolute Gasteiger partial charge is 0.379 e. The summed E-state index contributed by atoms with van der Waals surface area (Å²) in [4.78, 5) is 6.75. The van der Waals surface area contributed by atoms with Gasteiger partial charge in [0.25, 0.3) is 0 Å². The Balaban J connectivity index is 0.00000300. The Labute approximate surface area is 191 Å². The fourth-order valence-electron chi connectivity index (χ4n) is 3.44. The first-order valence-corrected chi connectivity index (χ1v) is 10.4. The molecule has 0 radical (unpaired) electrons. The molecule has 2 N–H and O–H groups in total. The van der Waals surface area contributed by atoms with Gasteiger partial charge in [0.15, 0.2) is 5.96 Å². The molecule has 2 aliphatic heterocycles. The minimum absolute atomic E-state index is 0. The first-order valence-electron chi connectivity index (χ1n) is 10.4. The minimum atomic E-state index is 0. The molecule has 29 heavy (non-hydrogen) atoms. The summed E-state index contributed by atoms with van der Waals surface area (Å²) in [5.74, 6) is 0.822. The maximum Gasteiger partial charge on any atom is 0.191 e. The van der Waals surface area contributed by atoms with Gasteiger partial charge in [0, 0.05) is 53.0 Å². The van der Waals surface area contributed by atoms with Crippen molar-refractivity contribution < 1.29 is 14.2 Å². The Morgan fingerprint density at radius 1 is 1.17 bits per heavy atom. The van der Waals surface area contributed by atoms with E-state index in [-0.39, 0.29) is 30.1 Å². The molecule has 2 saturated heterocycles. The molecular weight excluding hydrogens is 483 g/mol. The normalized spacial score (nSPS) is 20.3. The summed E-state index contributed by atoms with van der Waals surface area (Å²) in [6, 6.07) is 8.75. The lowest BCUT2D eigenvalue weighted by Crippen LogP contribution is -2.37. The van der Waals surface area contributed by atoms with Gasteiger partial charge in [-0.05, 0) is 24.0 Å². The van der Waals surface area contributed by atoms with Crippen LogP contribution < -0.4 is 10.6 Å². The van der Waals surface area contributed by atoms with Crippen LogP contribution in [0.15, 0.2) is 29.3 Å². The summed E-state index contributed by atoms with van der Waals surface area (Å²) in [6.07, 6.45) is 2.25. The van der Waals surface area contributed by atoms with Gasteiger partial charge in [-0.25, -0.2) is 0 Å². The van der Waals surface area contributed by atoms with Crippen LogP contribution in [0.2, 0.25) is 0 Å². The second kappa shape index (κ2) is 14.1. The van der Waals surface area contributed by atoms with Gasteiger partial charge in [-0.15, -0.1) is 24.0 Å². The number of halogens is 1. The van der Waals surface area contributed by atoms with Gasteiger partial charge >= 0.3 is 0 Å². The maximum absolute atomic E-state index is 5.79. The molecule has 1 atom stereocenters. The Bertz CT molecular complexity index is 605. The molecule has 1 aromatic rings.